The fraction of sp³-hybridized carbons (Fsp3) is 0.700. The number of hydrogen-bond acceptors (Lipinski definition) is 4. The van der Waals surface area contributed by atoms with Gasteiger partial charge in [0.25, 0.3) is 0 Å². The molecular formula is C10H17N3O4. The minimum atomic E-state index is -1.11. The SMILES string of the molecule is CC(CN)C(=O)N1CCNC(=O)C1CC(=O)O. The first-order valence-corrected chi connectivity index (χ1v) is 5.47. The van der Waals surface area contributed by atoms with Gasteiger partial charge in [0.2, 0.25) is 11.8 Å². The van der Waals surface area contributed by atoms with E-state index in [1.807, 2.05) is 0 Å². The maximum absolute atomic E-state index is 11.9. The number of carboxylic acids is 1. The fourth-order valence-corrected chi connectivity index (χ4v) is 1.73. The second kappa shape index (κ2) is 5.62. The highest BCUT2D eigenvalue weighted by Gasteiger charge is 2.35. The molecule has 0 aromatic rings. The molecule has 0 bridgehead atoms. The topological polar surface area (TPSA) is 113 Å². The van der Waals surface area contributed by atoms with Gasteiger partial charge in [-0.3, -0.25) is 14.4 Å². The van der Waals surface area contributed by atoms with E-state index in [4.69, 9.17) is 10.8 Å². The van der Waals surface area contributed by atoms with Gasteiger partial charge in [-0.2, -0.15) is 0 Å². The third kappa shape index (κ3) is 3.16. The summed E-state index contributed by atoms with van der Waals surface area (Å²) in [4.78, 5) is 35.5. The zero-order valence-corrected chi connectivity index (χ0v) is 9.68. The molecule has 1 saturated heterocycles. The summed E-state index contributed by atoms with van der Waals surface area (Å²) in [5, 5.41) is 11.3. The first kappa shape index (κ1) is 13.4. The predicted molar refractivity (Wildman–Crippen MR) is 59.0 cm³/mol. The molecule has 2 amide bonds. The maximum Gasteiger partial charge on any atom is 0.305 e. The van der Waals surface area contributed by atoms with Crippen LogP contribution in [-0.2, 0) is 14.4 Å². The molecule has 2 atom stereocenters. The van der Waals surface area contributed by atoms with Gasteiger partial charge in [0.15, 0.2) is 0 Å². The standard InChI is InChI=1S/C10H17N3O4/c1-6(5-11)10(17)13-3-2-12-9(16)7(13)4-8(14)15/h6-7H,2-5,11H2,1H3,(H,12,16)(H,14,15). The van der Waals surface area contributed by atoms with E-state index in [0.29, 0.717) is 13.1 Å². The Morgan fingerprint density at radius 2 is 2.29 bits per heavy atom. The Labute approximate surface area is 98.9 Å². The number of rotatable bonds is 4. The number of nitrogens with zero attached hydrogens (tertiary/aromatic N) is 1. The third-order valence-corrected chi connectivity index (χ3v) is 2.76. The molecule has 1 rings (SSSR count). The summed E-state index contributed by atoms with van der Waals surface area (Å²) in [5.41, 5.74) is 5.40. The van der Waals surface area contributed by atoms with Crippen LogP contribution in [0.2, 0.25) is 0 Å². The van der Waals surface area contributed by atoms with Crippen LogP contribution in [0.1, 0.15) is 13.3 Å². The molecule has 96 valence electrons. The lowest BCUT2D eigenvalue weighted by molar-refractivity contribution is -0.150. The van der Waals surface area contributed by atoms with Gasteiger partial charge in [0, 0.05) is 25.6 Å². The maximum atomic E-state index is 11.9. The van der Waals surface area contributed by atoms with Crippen LogP contribution in [0.5, 0.6) is 0 Å². The molecule has 1 heterocycles. The quantitative estimate of drug-likeness (QED) is 0.549. The summed E-state index contributed by atoms with van der Waals surface area (Å²) < 4.78 is 0. The average molecular weight is 243 g/mol. The Morgan fingerprint density at radius 3 is 2.82 bits per heavy atom. The number of nitrogens with two attached hydrogens (primary N) is 1. The van der Waals surface area contributed by atoms with Crippen LogP contribution in [-0.4, -0.2) is 53.5 Å². The highest BCUT2D eigenvalue weighted by atomic mass is 16.4. The Bertz CT molecular complexity index is 332. The molecule has 0 spiro atoms. The summed E-state index contributed by atoms with van der Waals surface area (Å²) >= 11 is 0. The molecule has 0 saturated carbocycles. The molecule has 0 aromatic heterocycles. The molecule has 1 fully saturated rings. The number of aliphatic carboxylic acids is 1. The largest absolute Gasteiger partial charge is 0.481 e. The van der Waals surface area contributed by atoms with Crippen LogP contribution in [0.25, 0.3) is 0 Å². The summed E-state index contributed by atoms with van der Waals surface area (Å²) in [6.45, 7) is 2.51. The summed E-state index contributed by atoms with van der Waals surface area (Å²) in [5.74, 6) is -2.20. The van der Waals surface area contributed by atoms with Crippen molar-refractivity contribution in [3.05, 3.63) is 0 Å². The Hall–Kier alpha value is -1.63. The van der Waals surface area contributed by atoms with Gasteiger partial charge < -0.3 is 21.1 Å². The minimum absolute atomic E-state index is 0.177. The molecule has 7 nitrogen and oxygen atoms in total. The third-order valence-electron chi connectivity index (χ3n) is 2.76. The van der Waals surface area contributed by atoms with Crippen molar-refractivity contribution in [1.29, 1.82) is 0 Å². The highest BCUT2D eigenvalue weighted by Crippen LogP contribution is 2.12. The first-order chi connectivity index (χ1) is 7.97. The van der Waals surface area contributed by atoms with E-state index >= 15 is 0 Å². The van der Waals surface area contributed by atoms with Crippen LogP contribution < -0.4 is 11.1 Å². The van der Waals surface area contributed by atoms with Crippen molar-refractivity contribution >= 4 is 17.8 Å². The van der Waals surface area contributed by atoms with E-state index in [9.17, 15) is 14.4 Å². The summed E-state index contributed by atoms with van der Waals surface area (Å²) in [6.07, 6.45) is -0.380. The van der Waals surface area contributed by atoms with Gasteiger partial charge in [-0.05, 0) is 0 Å². The molecule has 0 aromatic carbocycles. The number of carbonyl (C=O) groups is 3. The second-order valence-electron chi connectivity index (χ2n) is 4.07. The smallest absolute Gasteiger partial charge is 0.305 e. The minimum Gasteiger partial charge on any atom is -0.481 e. The number of amides is 2. The van der Waals surface area contributed by atoms with E-state index in [0.717, 1.165) is 0 Å². The van der Waals surface area contributed by atoms with Crippen molar-refractivity contribution in [2.75, 3.05) is 19.6 Å². The van der Waals surface area contributed by atoms with Gasteiger partial charge >= 0.3 is 5.97 Å². The van der Waals surface area contributed by atoms with Gasteiger partial charge in [-0.1, -0.05) is 6.92 Å². The van der Waals surface area contributed by atoms with Crippen molar-refractivity contribution in [3.63, 3.8) is 0 Å². The molecule has 1 aliphatic heterocycles. The lowest BCUT2D eigenvalue weighted by Crippen LogP contribution is -2.59. The van der Waals surface area contributed by atoms with Crippen molar-refractivity contribution in [2.24, 2.45) is 11.7 Å². The van der Waals surface area contributed by atoms with Crippen molar-refractivity contribution in [2.45, 2.75) is 19.4 Å². The Morgan fingerprint density at radius 1 is 1.65 bits per heavy atom. The van der Waals surface area contributed by atoms with Gasteiger partial charge in [0.05, 0.1) is 6.42 Å². The summed E-state index contributed by atoms with van der Waals surface area (Å²) in [7, 11) is 0. The van der Waals surface area contributed by atoms with Gasteiger partial charge in [-0.25, -0.2) is 0 Å². The van der Waals surface area contributed by atoms with E-state index in [1.54, 1.807) is 6.92 Å². The number of carbonyl (C=O) groups excluding carboxylic acids is 2. The van der Waals surface area contributed by atoms with Crippen molar-refractivity contribution < 1.29 is 19.5 Å². The van der Waals surface area contributed by atoms with E-state index in [-0.39, 0.29) is 18.9 Å². The average Bonchev–Trinajstić information content (AvgIpc) is 2.29. The van der Waals surface area contributed by atoms with Crippen LogP contribution in [0.3, 0.4) is 0 Å². The molecule has 1 aliphatic rings. The number of piperazine rings is 1. The van der Waals surface area contributed by atoms with Gasteiger partial charge in [-0.15, -0.1) is 0 Å². The number of carboxylic acid groups (broad SMARTS) is 1. The van der Waals surface area contributed by atoms with E-state index in [1.165, 1.54) is 4.90 Å². The van der Waals surface area contributed by atoms with Crippen LogP contribution in [0, 0.1) is 5.92 Å². The van der Waals surface area contributed by atoms with Crippen molar-refractivity contribution in [3.8, 4) is 0 Å². The lowest BCUT2D eigenvalue weighted by atomic mass is 10.0. The van der Waals surface area contributed by atoms with Crippen LogP contribution >= 0.6 is 0 Å². The van der Waals surface area contributed by atoms with E-state index < -0.39 is 23.8 Å². The monoisotopic (exact) mass is 243 g/mol. The Kier molecular flexibility index (Phi) is 4.45. The molecule has 7 heteroatoms. The van der Waals surface area contributed by atoms with Crippen molar-refractivity contribution in [1.82, 2.24) is 10.2 Å². The lowest BCUT2D eigenvalue weighted by Gasteiger charge is -2.35. The fourth-order valence-electron chi connectivity index (χ4n) is 1.73. The van der Waals surface area contributed by atoms with Crippen LogP contribution in [0.15, 0.2) is 0 Å². The summed E-state index contributed by atoms with van der Waals surface area (Å²) in [6, 6.07) is -0.928. The van der Waals surface area contributed by atoms with E-state index in [2.05, 4.69) is 5.32 Å². The molecule has 2 unspecified atom stereocenters. The zero-order valence-electron chi connectivity index (χ0n) is 9.68. The molecule has 4 N–H and O–H groups in total. The number of nitrogens with one attached hydrogen (secondary N) is 1. The van der Waals surface area contributed by atoms with Crippen LogP contribution in [0.4, 0.5) is 0 Å². The molecular weight excluding hydrogens is 226 g/mol. The molecule has 0 aliphatic carbocycles. The molecule has 0 radical (unpaired) electrons. The first-order valence-electron chi connectivity index (χ1n) is 5.47. The predicted octanol–water partition coefficient (Wildman–Crippen LogP) is -1.62. The Balaban J connectivity index is 2.82. The normalized spacial score (nSPS) is 21.9. The molecule has 17 heavy (non-hydrogen) atoms. The van der Waals surface area contributed by atoms with Gasteiger partial charge in [0.1, 0.15) is 6.04 Å². The zero-order chi connectivity index (χ0) is 13.0. The second-order valence-corrected chi connectivity index (χ2v) is 4.07. The highest BCUT2D eigenvalue weighted by molar-refractivity contribution is 5.92. The number of hydrogen-bond donors (Lipinski definition) is 3.